The number of esters is 1. The third kappa shape index (κ3) is 5.52. The number of carbonyl (C=O) groups excluding carboxylic acids is 2. The predicted molar refractivity (Wildman–Crippen MR) is 104 cm³/mol. The Bertz CT molecular complexity index is 791. The van der Waals surface area contributed by atoms with Crippen LogP contribution in [-0.2, 0) is 14.3 Å². The fraction of sp³-hybridized carbons (Fsp3) is 0.300. The average Bonchev–Trinajstić information content (AvgIpc) is 2.63. The molecule has 0 heterocycles. The van der Waals surface area contributed by atoms with E-state index in [4.69, 9.17) is 9.47 Å². The van der Waals surface area contributed by atoms with E-state index in [0.29, 0.717) is 11.4 Å². The fourth-order valence-electron chi connectivity index (χ4n) is 2.21. The molecule has 1 N–H and O–H groups in total. The summed E-state index contributed by atoms with van der Waals surface area (Å²) in [5, 5.41) is 2.71. The van der Waals surface area contributed by atoms with E-state index >= 15 is 0 Å². The zero-order valence-electron chi connectivity index (χ0n) is 15.4. The molecule has 5 nitrogen and oxygen atoms in total. The average molecular weight is 373 g/mol. The fourth-order valence-corrected chi connectivity index (χ4v) is 2.99. The molecule has 2 aromatic carbocycles. The van der Waals surface area contributed by atoms with E-state index < -0.39 is 18.0 Å². The summed E-state index contributed by atoms with van der Waals surface area (Å²) in [7, 11) is 1.53. The monoisotopic (exact) mass is 373 g/mol. The number of aryl methyl sites for hydroxylation is 2. The molecule has 0 spiro atoms. The van der Waals surface area contributed by atoms with Crippen LogP contribution in [0.2, 0.25) is 0 Å². The molecule has 0 aliphatic heterocycles. The van der Waals surface area contributed by atoms with Crippen molar-refractivity contribution in [1.29, 1.82) is 0 Å². The van der Waals surface area contributed by atoms with Crippen molar-refractivity contribution in [3.63, 3.8) is 0 Å². The van der Waals surface area contributed by atoms with Crippen LogP contribution in [0.4, 0.5) is 5.69 Å². The number of carbonyl (C=O) groups is 2. The minimum atomic E-state index is -0.896. The van der Waals surface area contributed by atoms with Crippen LogP contribution >= 0.6 is 11.8 Å². The molecule has 0 fully saturated rings. The van der Waals surface area contributed by atoms with Crippen LogP contribution in [0.5, 0.6) is 5.75 Å². The maximum atomic E-state index is 12.2. The molecule has 2 aromatic rings. The lowest BCUT2D eigenvalue weighted by molar-refractivity contribution is -0.150. The molecule has 0 aliphatic carbocycles. The van der Waals surface area contributed by atoms with Crippen molar-refractivity contribution in [3.05, 3.63) is 53.6 Å². The first-order valence-electron chi connectivity index (χ1n) is 8.24. The summed E-state index contributed by atoms with van der Waals surface area (Å²) in [4.78, 5) is 25.2. The molecule has 1 atom stereocenters. The molecule has 6 heteroatoms. The van der Waals surface area contributed by atoms with E-state index in [1.807, 2.05) is 38.1 Å². The molecular formula is C20H23NO4S. The largest absolute Gasteiger partial charge is 0.495 e. The number of hydrogen-bond acceptors (Lipinski definition) is 5. The van der Waals surface area contributed by atoms with Gasteiger partial charge in [0.1, 0.15) is 5.75 Å². The van der Waals surface area contributed by atoms with Crippen molar-refractivity contribution in [3.8, 4) is 5.75 Å². The van der Waals surface area contributed by atoms with Gasteiger partial charge in [-0.1, -0.05) is 18.2 Å². The van der Waals surface area contributed by atoms with E-state index in [1.165, 1.54) is 30.0 Å². The third-order valence-electron chi connectivity index (χ3n) is 3.88. The SMILES string of the molecule is COc1ccccc1NC(=O)[C@@H](C)OC(=O)CSc1ccc(C)c(C)c1. The molecule has 0 aromatic heterocycles. The van der Waals surface area contributed by atoms with Crippen LogP contribution in [-0.4, -0.2) is 30.8 Å². The number of rotatable bonds is 7. The summed E-state index contributed by atoms with van der Waals surface area (Å²) in [5.41, 5.74) is 2.92. The summed E-state index contributed by atoms with van der Waals surface area (Å²) in [6.07, 6.45) is -0.896. The van der Waals surface area contributed by atoms with E-state index in [-0.39, 0.29) is 5.75 Å². The second-order valence-corrected chi connectivity index (χ2v) is 6.91. The molecule has 0 radical (unpaired) electrons. The number of amides is 1. The lowest BCUT2D eigenvalue weighted by Crippen LogP contribution is -2.30. The van der Waals surface area contributed by atoms with E-state index in [2.05, 4.69) is 5.32 Å². The predicted octanol–water partition coefficient (Wildman–Crippen LogP) is 3.97. The van der Waals surface area contributed by atoms with Crippen molar-refractivity contribution in [2.24, 2.45) is 0 Å². The lowest BCUT2D eigenvalue weighted by Gasteiger charge is -2.15. The van der Waals surface area contributed by atoms with Gasteiger partial charge in [-0.15, -0.1) is 11.8 Å². The number of methoxy groups -OCH3 is 1. The second kappa shape index (κ2) is 9.29. The maximum absolute atomic E-state index is 12.2. The highest BCUT2D eigenvalue weighted by Crippen LogP contribution is 2.24. The topological polar surface area (TPSA) is 64.6 Å². The summed E-state index contributed by atoms with van der Waals surface area (Å²) < 4.78 is 10.4. The zero-order valence-corrected chi connectivity index (χ0v) is 16.2. The van der Waals surface area contributed by atoms with Gasteiger partial charge in [0, 0.05) is 4.90 Å². The van der Waals surface area contributed by atoms with E-state index in [9.17, 15) is 9.59 Å². The Morgan fingerprint density at radius 1 is 1.12 bits per heavy atom. The molecule has 0 saturated heterocycles. The molecule has 0 bridgehead atoms. The summed E-state index contributed by atoms with van der Waals surface area (Å²) >= 11 is 1.39. The van der Waals surface area contributed by atoms with Crippen LogP contribution in [0.15, 0.2) is 47.4 Å². The Labute approximate surface area is 158 Å². The van der Waals surface area contributed by atoms with Crippen LogP contribution in [0.25, 0.3) is 0 Å². The molecule has 0 aliphatic rings. The lowest BCUT2D eigenvalue weighted by atomic mass is 10.1. The van der Waals surface area contributed by atoms with Gasteiger partial charge in [-0.2, -0.15) is 0 Å². The highest BCUT2D eigenvalue weighted by atomic mass is 32.2. The molecular weight excluding hydrogens is 350 g/mol. The Balaban J connectivity index is 1.85. The Morgan fingerprint density at radius 2 is 1.85 bits per heavy atom. The number of para-hydroxylation sites is 2. The van der Waals surface area contributed by atoms with Crippen molar-refractivity contribution >= 4 is 29.3 Å². The quantitative estimate of drug-likeness (QED) is 0.588. The van der Waals surface area contributed by atoms with Crippen molar-refractivity contribution < 1.29 is 19.1 Å². The first-order valence-corrected chi connectivity index (χ1v) is 9.22. The Morgan fingerprint density at radius 3 is 2.54 bits per heavy atom. The number of benzene rings is 2. The van der Waals surface area contributed by atoms with Crippen LogP contribution < -0.4 is 10.1 Å². The van der Waals surface area contributed by atoms with Gasteiger partial charge >= 0.3 is 5.97 Å². The Kier molecular flexibility index (Phi) is 7.09. The zero-order chi connectivity index (χ0) is 19.1. The van der Waals surface area contributed by atoms with Gasteiger partial charge in [0.15, 0.2) is 6.10 Å². The highest BCUT2D eigenvalue weighted by Gasteiger charge is 2.19. The van der Waals surface area contributed by atoms with Crippen LogP contribution in [0, 0.1) is 13.8 Å². The number of nitrogens with one attached hydrogen (secondary N) is 1. The van der Waals surface area contributed by atoms with Gasteiger partial charge in [-0.3, -0.25) is 9.59 Å². The van der Waals surface area contributed by atoms with Crippen LogP contribution in [0.1, 0.15) is 18.1 Å². The maximum Gasteiger partial charge on any atom is 0.317 e. The first-order chi connectivity index (χ1) is 12.4. The van der Waals surface area contributed by atoms with Gasteiger partial charge in [0.25, 0.3) is 5.91 Å². The molecule has 26 heavy (non-hydrogen) atoms. The van der Waals surface area contributed by atoms with Crippen molar-refractivity contribution in [2.75, 3.05) is 18.2 Å². The smallest absolute Gasteiger partial charge is 0.317 e. The molecule has 2 rings (SSSR count). The van der Waals surface area contributed by atoms with Crippen molar-refractivity contribution in [2.45, 2.75) is 31.8 Å². The summed E-state index contributed by atoms with van der Waals surface area (Å²) in [6, 6.07) is 13.1. The molecule has 0 saturated carbocycles. The van der Waals surface area contributed by atoms with Gasteiger partial charge in [-0.25, -0.2) is 0 Å². The molecule has 0 unspecified atom stereocenters. The first kappa shape index (κ1) is 19.8. The summed E-state index contributed by atoms with van der Waals surface area (Å²) in [5.74, 6) is -0.144. The van der Waals surface area contributed by atoms with Gasteiger partial charge in [-0.05, 0) is 56.2 Å². The van der Waals surface area contributed by atoms with E-state index in [1.54, 1.807) is 25.1 Å². The number of anilines is 1. The standard InChI is InChI=1S/C20H23NO4S/c1-13-9-10-16(11-14(13)2)26-12-19(22)25-15(3)20(23)21-17-7-5-6-8-18(17)24-4/h5-11,15H,12H2,1-4H3,(H,21,23)/t15-/m1/s1. The van der Waals surface area contributed by atoms with Crippen molar-refractivity contribution in [1.82, 2.24) is 0 Å². The highest BCUT2D eigenvalue weighted by molar-refractivity contribution is 8.00. The van der Waals surface area contributed by atoms with Crippen LogP contribution in [0.3, 0.4) is 0 Å². The minimum absolute atomic E-state index is 0.148. The third-order valence-corrected chi connectivity index (χ3v) is 4.84. The number of hydrogen-bond donors (Lipinski definition) is 1. The molecule has 1 amide bonds. The molecule has 138 valence electrons. The second-order valence-electron chi connectivity index (χ2n) is 5.86. The normalized spacial score (nSPS) is 11.5. The van der Waals surface area contributed by atoms with Gasteiger partial charge in [0.05, 0.1) is 18.6 Å². The van der Waals surface area contributed by atoms with Gasteiger partial charge in [0.2, 0.25) is 0 Å². The summed E-state index contributed by atoms with van der Waals surface area (Å²) in [6.45, 7) is 5.62. The number of ether oxygens (including phenoxy) is 2. The minimum Gasteiger partial charge on any atom is -0.495 e. The van der Waals surface area contributed by atoms with E-state index in [0.717, 1.165) is 4.90 Å². The van der Waals surface area contributed by atoms with Gasteiger partial charge < -0.3 is 14.8 Å². The Hall–Kier alpha value is -2.47. The number of thioether (sulfide) groups is 1.